The summed E-state index contributed by atoms with van der Waals surface area (Å²) in [5.74, 6) is 0.959. The summed E-state index contributed by atoms with van der Waals surface area (Å²) < 4.78 is 1.32. The number of halogens is 1. The van der Waals surface area contributed by atoms with Crippen LogP contribution in [0.1, 0.15) is 57.1 Å². The molecule has 0 nitrogen and oxygen atoms in total. The Hall–Kier alpha value is -1.61. The van der Waals surface area contributed by atoms with Gasteiger partial charge in [-0.3, -0.25) is 0 Å². The molecule has 0 amide bonds. The third kappa shape index (κ3) is 4.05. The van der Waals surface area contributed by atoms with E-state index in [0.717, 1.165) is 19.3 Å². The van der Waals surface area contributed by atoms with Gasteiger partial charge in [-0.05, 0) is 99.1 Å². The van der Waals surface area contributed by atoms with Crippen molar-refractivity contribution in [2.24, 2.45) is 5.92 Å². The number of fused-ring (bicyclic) bond motifs is 1. The highest BCUT2D eigenvalue weighted by atomic mass is 127. The van der Waals surface area contributed by atoms with Gasteiger partial charge in [0.25, 0.3) is 0 Å². The van der Waals surface area contributed by atoms with Crippen LogP contribution in [-0.4, -0.2) is 0 Å². The van der Waals surface area contributed by atoms with Crippen molar-refractivity contribution in [2.45, 2.75) is 51.4 Å². The highest BCUT2D eigenvalue weighted by Crippen LogP contribution is 2.52. The average molecular weight is 482 g/mol. The van der Waals surface area contributed by atoms with Gasteiger partial charge in [0.2, 0.25) is 0 Å². The standard InChI is InChI=1S/C27H31I/c1-6-8-14-24(21-12-10-9-11-13-21)20(7-2)17-25-19(3)23-16-15-22(28)18-26(23)27(25,4)5/h6-7,9-12,15-19,25H,1-2,8,13-14H2,3-5H3/b20-17+,24-21+/t19?,25-/m0/s1. The molecule has 0 heterocycles. The minimum atomic E-state index is 0.112. The Labute approximate surface area is 184 Å². The highest BCUT2D eigenvalue weighted by Gasteiger charge is 2.43. The second-order valence-electron chi connectivity index (χ2n) is 8.42. The Morgan fingerprint density at radius 1 is 1.25 bits per heavy atom. The van der Waals surface area contributed by atoms with Crippen LogP contribution < -0.4 is 0 Å². The molecule has 0 fully saturated rings. The lowest BCUT2D eigenvalue weighted by atomic mass is 9.74. The van der Waals surface area contributed by atoms with Crippen LogP contribution >= 0.6 is 22.6 Å². The zero-order valence-corrected chi connectivity index (χ0v) is 19.5. The number of rotatable bonds is 6. The predicted molar refractivity (Wildman–Crippen MR) is 132 cm³/mol. The monoisotopic (exact) mass is 482 g/mol. The summed E-state index contributed by atoms with van der Waals surface area (Å²) >= 11 is 2.43. The van der Waals surface area contributed by atoms with Gasteiger partial charge in [0.05, 0.1) is 0 Å². The van der Waals surface area contributed by atoms with E-state index in [-0.39, 0.29) is 5.41 Å². The summed E-state index contributed by atoms with van der Waals surface area (Å²) in [5.41, 5.74) is 7.23. The van der Waals surface area contributed by atoms with E-state index in [2.05, 4.69) is 111 Å². The third-order valence-corrected chi connectivity index (χ3v) is 7.04. The van der Waals surface area contributed by atoms with Crippen molar-refractivity contribution in [1.29, 1.82) is 0 Å². The summed E-state index contributed by atoms with van der Waals surface area (Å²) in [4.78, 5) is 0. The molecule has 0 saturated heterocycles. The Morgan fingerprint density at radius 3 is 2.68 bits per heavy atom. The van der Waals surface area contributed by atoms with E-state index in [1.54, 1.807) is 0 Å². The normalized spacial score (nSPS) is 24.8. The molecule has 0 N–H and O–H groups in total. The molecular weight excluding hydrogens is 451 g/mol. The predicted octanol–water partition coefficient (Wildman–Crippen LogP) is 8.19. The lowest BCUT2D eigenvalue weighted by Gasteiger charge is -2.29. The first-order valence-corrected chi connectivity index (χ1v) is 11.3. The molecule has 1 unspecified atom stereocenters. The van der Waals surface area contributed by atoms with E-state index in [9.17, 15) is 0 Å². The van der Waals surface area contributed by atoms with Crippen LogP contribution in [0.5, 0.6) is 0 Å². The van der Waals surface area contributed by atoms with Crippen LogP contribution in [-0.2, 0) is 5.41 Å². The molecule has 28 heavy (non-hydrogen) atoms. The lowest BCUT2D eigenvalue weighted by molar-refractivity contribution is 0.380. The number of benzene rings is 1. The molecule has 0 radical (unpaired) electrons. The van der Waals surface area contributed by atoms with E-state index in [4.69, 9.17) is 0 Å². The van der Waals surface area contributed by atoms with Gasteiger partial charge in [0, 0.05) is 3.57 Å². The summed E-state index contributed by atoms with van der Waals surface area (Å²) in [6.07, 6.45) is 18.4. The zero-order valence-electron chi connectivity index (χ0n) is 17.3. The summed E-state index contributed by atoms with van der Waals surface area (Å²) in [7, 11) is 0. The van der Waals surface area contributed by atoms with Crippen LogP contribution in [0.3, 0.4) is 0 Å². The van der Waals surface area contributed by atoms with E-state index in [1.807, 2.05) is 6.08 Å². The fourth-order valence-corrected chi connectivity index (χ4v) is 5.28. The SMILES string of the molecule is C=CCCC(=C1/C=CC=CC1)/C(C=C)=C/[C@H]1C(C)c2ccc(I)cc2C1(C)C. The summed E-state index contributed by atoms with van der Waals surface area (Å²) in [5, 5.41) is 0. The zero-order chi connectivity index (χ0) is 20.3. The van der Waals surface area contributed by atoms with E-state index in [0.29, 0.717) is 11.8 Å². The van der Waals surface area contributed by atoms with Crippen LogP contribution in [0, 0.1) is 9.49 Å². The van der Waals surface area contributed by atoms with E-state index < -0.39 is 0 Å². The van der Waals surface area contributed by atoms with Gasteiger partial charge in [-0.15, -0.1) is 6.58 Å². The van der Waals surface area contributed by atoms with Crippen molar-refractivity contribution >= 4 is 22.6 Å². The maximum Gasteiger partial charge on any atom is 0.0133 e. The highest BCUT2D eigenvalue weighted by molar-refractivity contribution is 14.1. The quantitative estimate of drug-likeness (QED) is 0.218. The Kier molecular flexibility index (Phi) is 6.65. The first kappa shape index (κ1) is 21.1. The van der Waals surface area contributed by atoms with Gasteiger partial charge in [0.15, 0.2) is 0 Å². The van der Waals surface area contributed by atoms with Crippen LogP contribution in [0.2, 0.25) is 0 Å². The van der Waals surface area contributed by atoms with Crippen molar-refractivity contribution in [3.05, 3.63) is 105 Å². The molecule has 1 aromatic rings. The van der Waals surface area contributed by atoms with Gasteiger partial charge in [-0.1, -0.05) is 75.9 Å². The molecular formula is C27H31I. The second kappa shape index (κ2) is 8.82. The van der Waals surface area contributed by atoms with Crippen molar-refractivity contribution in [3.8, 4) is 0 Å². The molecule has 1 heteroatoms. The molecule has 3 rings (SSSR count). The minimum absolute atomic E-state index is 0.112. The van der Waals surface area contributed by atoms with Gasteiger partial charge >= 0.3 is 0 Å². The number of hydrogen-bond donors (Lipinski definition) is 0. The van der Waals surface area contributed by atoms with Gasteiger partial charge in [0.1, 0.15) is 0 Å². The van der Waals surface area contributed by atoms with Crippen molar-refractivity contribution < 1.29 is 0 Å². The molecule has 2 atom stereocenters. The first-order chi connectivity index (χ1) is 13.4. The Balaban J connectivity index is 2.06. The topological polar surface area (TPSA) is 0 Å². The van der Waals surface area contributed by atoms with E-state index >= 15 is 0 Å². The molecule has 0 bridgehead atoms. The van der Waals surface area contributed by atoms with Crippen LogP contribution in [0.4, 0.5) is 0 Å². The lowest BCUT2D eigenvalue weighted by Crippen LogP contribution is -2.24. The maximum absolute atomic E-state index is 4.19. The van der Waals surface area contributed by atoms with Crippen molar-refractivity contribution in [1.82, 2.24) is 0 Å². The number of hydrogen-bond acceptors (Lipinski definition) is 0. The van der Waals surface area contributed by atoms with Crippen LogP contribution in [0.25, 0.3) is 0 Å². The molecule has 2 aliphatic rings. The van der Waals surface area contributed by atoms with Crippen molar-refractivity contribution in [3.63, 3.8) is 0 Å². The molecule has 0 saturated carbocycles. The fourth-order valence-electron chi connectivity index (χ4n) is 4.79. The van der Waals surface area contributed by atoms with E-state index in [1.165, 1.54) is 31.4 Å². The largest absolute Gasteiger partial charge is 0.103 e. The molecule has 2 aliphatic carbocycles. The fraction of sp³-hybridized carbons (Fsp3) is 0.333. The second-order valence-corrected chi connectivity index (χ2v) is 9.66. The summed E-state index contributed by atoms with van der Waals surface area (Å²) in [6.45, 7) is 15.3. The molecule has 146 valence electrons. The van der Waals surface area contributed by atoms with Crippen LogP contribution in [0.15, 0.2) is 90.6 Å². The van der Waals surface area contributed by atoms with Crippen molar-refractivity contribution in [2.75, 3.05) is 0 Å². The van der Waals surface area contributed by atoms with Gasteiger partial charge in [-0.2, -0.15) is 0 Å². The molecule has 0 aliphatic heterocycles. The Bertz CT molecular complexity index is 889. The molecule has 0 spiro atoms. The first-order valence-electron chi connectivity index (χ1n) is 10.2. The Morgan fingerprint density at radius 2 is 2.04 bits per heavy atom. The average Bonchev–Trinajstić information content (AvgIpc) is 2.87. The third-order valence-electron chi connectivity index (χ3n) is 6.37. The minimum Gasteiger partial charge on any atom is -0.103 e. The van der Waals surface area contributed by atoms with Gasteiger partial charge in [-0.25, -0.2) is 0 Å². The maximum atomic E-state index is 4.19. The number of allylic oxidation sites excluding steroid dienone is 10. The summed E-state index contributed by atoms with van der Waals surface area (Å²) in [6, 6.07) is 6.94. The molecule has 1 aromatic carbocycles. The molecule has 0 aromatic heterocycles. The smallest absolute Gasteiger partial charge is 0.0133 e. The van der Waals surface area contributed by atoms with Gasteiger partial charge < -0.3 is 0 Å².